The molecule has 0 aromatic heterocycles. The van der Waals surface area contributed by atoms with Crippen LogP contribution in [0.1, 0.15) is 13.3 Å². The number of nitrogens with two attached hydrogens (primary N) is 1. The van der Waals surface area contributed by atoms with Crippen molar-refractivity contribution in [1.82, 2.24) is 0 Å². The molecule has 0 aliphatic rings. The van der Waals surface area contributed by atoms with Crippen LogP contribution in [0.3, 0.4) is 0 Å². The SMILES string of the molecule is CCC(N)C(=O)Nc1ccc(SC(F)(F)F)cc1. The quantitative estimate of drug-likeness (QED) is 0.832. The molecule has 1 amide bonds. The summed E-state index contributed by atoms with van der Waals surface area (Å²) in [6.45, 7) is 1.77. The molecule has 0 saturated heterocycles. The van der Waals surface area contributed by atoms with E-state index in [1.165, 1.54) is 24.3 Å². The summed E-state index contributed by atoms with van der Waals surface area (Å²) in [5.74, 6) is -0.353. The fraction of sp³-hybridized carbons (Fsp3) is 0.364. The highest BCUT2D eigenvalue weighted by molar-refractivity contribution is 8.00. The maximum absolute atomic E-state index is 12.1. The molecule has 1 aromatic carbocycles. The zero-order valence-corrected chi connectivity index (χ0v) is 10.4. The van der Waals surface area contributed by atoms with E-state index in [0.29, 0.717) is 12.1 Å². The molecule has 3 N–H and O–H groups in total. The highest BCUT2D eigenvalue weighted by Gasteiger charge is 2.29. The van der Waals surface area contributed by atoms with Crippen LogP contribution in [-0.2, 0) is 4.79 Å². The second-order valence-electron chi connectivity index (χ2n) is 3.58. The van der Waals surface area contributed by atoms with Crippen LogP contribution in [0.5, 0.6) is 0 Å². The number of rotatable bonds is 4. The van der Waals surface area contributed by atoms with Gasteiger partial charge in [-0.2, -0.15) is 13.2 Å². The molecule has 7 heteroatoms. The molecular formula is C11H13F3N2OS. The number of hydrogen-bond acceptors (Lipinski definition) is 3. The third kappa shape index (κ3) is 4.97. The average molecular weight is 278 g/mol. The number of hydrogen-bond donors (Lipinski definition) is 2. The second kappa shape index (κ2) is 6.10. The van der Waals surface area contributed by atoms with Crippen molar-refractivity contribution in [3.05, 3.63) is 24.3 Å². The van der Waals surface area contributed by atoms with Crippen LogP contribution < -0.4 is 11.1 Å². The van der Waals surface area contributed by atoms with Gasteiger partial charge in [-0.3, -0.25) is 4.79 Å². The van der Waals surface area contributed by atoms with E-state index in [9.17, 15) is 18.0 Å². The van der Waals surface area contributed by atoms with Gasteiger partial charge in [-0.1, -0.05) is 6.92 Å². The summed E-state index contributed by atoms with van der Waals surface area (Å²) in [5, 5.41) is 2.53. The summed E-state index contributed by atoms with van der Waals surface area (Å²) in [6.07, 6.45) is 0.494. The maximum atomic E-state index is 12.1. The van der Waals surface area contributed by atoms with E-state index in [-0.39, 0.29) is 22.6 Å². The Kier molecular flexibility index (Phi) is 5.03. The largest absolute Gasteiger partial charge is 0.446 e. The average Bonchev–Trinajstić information content (AvgIpc) is 2.28. The molecule has 1 aromatic rings. The molecule has 1 unspecified atom stereocenters. The summed E-state index contributed by atoms with van der Waals surface area (Å²) in [7, 11) is 0. The van der Waals surface area contributed by atoms with E-state index in [0.717, 1.165) is 0 Å². The lowest BCUT2D eigenvalue weighted by Gasteiger charge is -2.10. The summed E-state index contributed by atoms with van der Waals surface area (Å²) < 4.78 is 36.2. The molecule has 100 valence electrons. The normalized spacial score (nSPS) is 13.2. The van der Waals surface area contributed by atoms with Gasteiger partial charge in [-0.05, 0) is 42.4 Å². The van der Waals surface area contributed by atoms with Crippen LogP contribution in [0.2, 0.25) is 0 Å². The minimum Gasteiger partial charge on any atom is -0.325 e. The first-order chi connectivity index (χ1) is 8.31. The molecule has 0 saturated carbocycles. The van der Waals surface area contributed by atoms with E-state index >= 15 is 0 Å². The second-order valence-corrected chi connectivity index (χ2v) is 4.71. The van der Waals surface area contributed by atoms with Crippen molar-refractivity contribution in [2.45, 2.75) is 29.8 Å². The van der Waals surface area contributed by atoms with Gasteiger partial charge < -0.3 is 11.1 Å². The Morgan fingerprint density at radius 3 is 2.39 bits per heavy atom. The number of carbonyl (C=O) groups excluding carboxylic acids is 1. The molecule has 0 bridgehead atoms. The smallest absolute Gasteiger partial charge is 0.325 e. The summed E-state index contributed by atoms with van der Waals surface area (Å²) in [6, 6.07) is 4.80. The molecule has 0 aliphatic carbocycles. The fourth-order valence-electron chi connectivity index (χ4n) is 1.16. The molecule has 0 heterocycles. The Morgan fingerprint density at radius 2 is 1.94 bits per heavy atom. The van der Waals surface area contributed by atoms with Gasteiger partial charge in [0.05, 0.1) is 6.04 Å². The van der Waals surface area contributed by atoms with Crippen molar-refractivity contribution in [3.8, 4) is 0 Å². The van der Waals surface area contributed by atoms with Crippen molar-refractivity contribution in [1.29, 1.82) is 0 Å². The van der Waals surface area contributed by atoms with Crippen molar-refractivity contribution < 1.29 is 18.0 Å². The van der Waals surface area contributed by atoms with Crippen LogP contribution >= 0.6 is 11.8 Å². The maximum Gasteiger partial charge on any atom is 0.446 e. The van der Waals surface area contributed by atoms with E-state index in [1.807, 2.05) is 0 Å². The zero-order valence-electron chi connectivity index (χ0n) is 9.62. The highest BCUT2D eigenvalue weighted by atomic mass is 32.2. The zero-order chi connectivity index (χ0) is 13.8. The molecule has 0 spiro atoms. The fourth-order valence-corrected chi connectivity index (χ4v) is 1.70. The predicted molar refractivity (Wildman–Crippen MR) is 65.3 cm³/mol. The number of benzene rings is 1. The van der Waals surface area contributed by atoms with Gasteiger partial charge in [0.2, 0.25) is 5.91 Å². The number of halogens is 3. The van der Waals surface area contributed by atoms with Crippen LogP contribution in [0, 0.1) is 0 Å². The molecule has 1 atom stereocenters. The molecule has 0 fully saturated rings. The third-order valence-corrected chi connectivity index (χ3v) is 2.87. The van der Waals surface area contributed by atoms with Gasteiger partial charge in [-0.25, -0.2) is 0 Å². The first-order valence-corrected chi connectivity index (χ1v) is 6.05. The first-order valence-electron chi connectivity index (χ1n) is 5.24. The third-order valence-electron chi connectivity index (χ3n) is 2.13. The van der Waals surface area contributed by atoms with Gasteiger partial charge in [0.15, 0.2) is 0 Å². The highest BCUT2D eigenvalue weighted by Crippen LogP contribution is 2.36. The Morgan fingerprint density at radius 1 is 1.39 bits per heavy atom. The number of anilines is 1. The van der Waals surface area contributed by atoms with Crippen LogP contribution in [0.4, 0.5) is 18.9 Å². The Hall–Kier alpha value is -1.21. The minimum atomic E-state index is -4.31. The number of nitrogens with one attached hydrogen (secondary N) is 1. The van der Waals surface area contributed by atoms with Crippen LogP contribution in [-0.4, -0.2) is 17.5 Å². The molecule has 3 nitrogen and oxygen atoms in total. The lowest BCUT2D eigenvalue weighted by Crippen LogP contribution is -2.34. The molecule has 0 radical (unpaired) electrons. The van der Waals surface area contributed by atoms with Gasteiger partial charge >= 0.3 is 5.51 Å². The number of carbonyl (C=O) groups is 1. The van der Waals surface area contributed by atoms with E-state index in [1.54, 1.807) is 6.92 Å². The van der Waals surface area contributed by atoms with E-state index in [4.69, 9.17) is 5.73 Å². The van der Waals surface area contributed by atoms with Crippen molar-refractivity contribution in [3.63, 3.8) is 0 Å². The van der Waals surface area contributed by atoms with Crippen molar-refractivity contribution in [2.24, 2.45) is 5.73 Å². The van der Waals surface area contributed by atoms with Gasteiger partial charge in [-0.15, -0.1) is 0 Å². The molecule has 1 rings (SSSR count). The Labute approximate surface area is 107 Å². The lowest BCUT2D eigenvalue weighted by atomic mass is 10.2. The predicted octanol–water partition coefficient (Wildman–Crippen LogP) is 2.97. The Balaban J connectivity index is 2.63. The van der Waals surface area contributed by atoms with Crippen LogP contribution in [0.25, 0.3) is 0 Å². The number of alkyl halides is 3. The summed E-state index contributed by atoms with van der Waals surface area (Å²) in [5.41, 5.74) is 1.63. The van der Waals surface area contributed by atoms with Crippen LogP contribution in [0.15, 0.2) is 29.2 Å². The van der Waals surface area contributed by atoms with Gasteiger partial charge in [0.25, 0.3) is 0 Å². The molecule has 18 heavy (non-hydrogen) atoms. The van der Waals surface area contributed by atoms with Gasteiger partial charge in [0, 0.05) is 10.6 Å². The standard InChI is InChI=1S/C11H13F3N2OS/c1-2-9(15)10(17)16-7-3-5-8(6-4-7)18-11(12,13)14/h3-6,9H,2,15H2,1H3,(H,16,17). The Bertz CT molecular complexity index is 406. The molecule has 0 aliphatic heterocycles. The summed E-state index contributed by atoms with van der Waals surface area (Å²) in [4.78, 5) is 11.5. The summed E-state index contributed by atoms with van der Waals surface area (Å²) >= 11 is -0.198. The van der Waals surface area contributed by atoms with E-state index in [2.05, 4.69) is 5.32 Å². The lowest BCUT2D eigenvalue weighted by molar-refractivity contribution is -0.117. The number of amides is 1. The molecular weight excluding hydrogens is 265 g/mol. The monoisotopic (exact) mass is 278 g/mol. The van der Waals surface area contributed by atoms with E-state index < -0.39 is 11.6 Å². The van der Waals surface area contributed by atoms with Gasteiger partial charge in [0.1, 0.15) is 0 Å². The first kappa shape index (κ1) is 14.8. The minimum absolute atomic E-state index is 0.0697. The van der Waals surface area contributed by atoms with Crippen molar-refractivity contribution in [2.75, 3.05) is 5.32 Å². The topological polar surface area (TPSA) is 55.1 Å². The van der Waals surface area contributed by atoms with Crippen molar-refractivity contribution >= 4 is 23.4 Å². The number of thioether (sulfide) groups is 1.